The van der Waals surface area contributed by atoms with E-state index in [0.717, 1.165) is 12.8 Å². The average molecular weight is 522 g/mol. The number of carbonyl (C=O) groups excluding carboxylic acids is 6. The minimum Gasteiger partial charge on any atom is -0.363 e. The quantitative estimate of drug-likeness (QED) is 0.209. The Balaban J connectivity index is 2.02. The zero-order valence-electron chi connectivity index (χ0n) is 22.7. The number of urea groups is 1. The van der Waals surface area contributed by atoms with E-state index in [4.69, 9.17) is 5.73 Å². The largest absolute Gasteiger partial charge is 0.363 e. The van der Waals surface area contributed by atoms with E-state index < -0.39 is 53.1 Å². The zero-order valence-corrected chi connectivity index (χ0v) is 22.7. The maximum atomic E-state index is 13.6. The first kappa shape index (κ1) is 30.2. The lowest BCUT2D eigenvalue weighted by atomic mass is 9.85. The molecule has 3 unspecified atom stereocenters. The highest BCUT2D eigenvalue weighted by atomic mass is 16.2. The van der Waals surface area contributed by atoms with Crippen LogP contribution in [0.1, 0.15) is 79.6 Å². The van der Waals surface area contributed by atoms with E-state index in [9.17, 15) is 28.8 Å². The maximum absolute atomic E-state index is 13.6. The van der Waals surface area contributed by atoms with Gasteiger partial charge in [0.1, 0.15) is 17.9 Å². The second-order valence-corrected chi connectivity index (χ2v) is 11.6. The summed E-state index contributed by atoms with van der Waals surface area (Å²) in [4.78, 5) is 76.2. The van der Waals surface area contributed by atoms with Gasteiger partial charge in [-0.3, -0.25) is 24.0 Å². The molecule has 2 rings (SSSR count). The molecule has 1 saturated carbocycles. The molecule has 0 aromatic rings. The highest BCUT2D eigenvalue weighted by Gasteiger charge is 2.43. The summed E-state index contributed by atoms with van der Waals surface area (Å²) in [6.07, 6.45) is 4.08. The van der Waals surface area contributed by atoms with Crippen LogP contribution >= 0.6 is 0 Å². The van der Waals surface area contributed by atoms with E-state index in [1.54, 1.807) is 0 Å². The van der Waals surface area contributed by atoms with Crippen LogP contribution < -0.4 is 21.7 Å². The third kappa shape index (κ3) is 9.12. The number of amides is 5. The number of likely N-dealkylation sites (tertiary alicyclic amines) is 1. The topological polar surface area (TPSA) is 168 Å². The van der Waals surface area contributed by atoms with Crippen molar-refractivity contribution in [3.05, 3.63) is 0 Å². The van der Waals surface area contributed by atoms with Crippen molar-refractivity contribution in [1.29, 1.82) is 0 Å². The van der Waals surface area contributed by atoms with Crippen molar-refractivity contribution < 1.29 is 28.8 Å². The summed E-state index contributed by atoms with van der Waals surface area (Å²) in [5.41, 5.74) is 4.53. The predicted octanol–water partition coefficient (Wildman–Crippen LogP) is 1.04. The molecule has 3 atom stereocenters. The van der Waals surface area contributed by atoms with Gasteiger partial charge in [0.25, 0.3) is 5.91 Å². The summed E-state index contributed by atoms with van der Waals surface area (Å²) in [6, 6.07) is -3.25. The second-order valence-electron chi connectivity index (χ2n) is 11.6. The van der Waals surface area contributed by atoms with Gasteiger partial charge in [-0.25, -0.2) is 4.79 Å². The monoisotopic (exact) mass is 521 g/mol. The SMILES string of the molecule is CC(C)C(=O)CCCNC(=O)NC(C(=O)N1CCCC1C(=O)NC(CC1CC1)C(=O)C(N)=O)C(C)(C)C. The van der Waals surface area contributed by atoms with Gasteiger partial charge in [-0.15, -0.1) is 0 Å². The molecule has 5 N–H and O–H groups in total. The molecule has 0 aromatic heterocycles. The van der Waals surface area contributed by atoms with Crippen molar-refractivity contribution >= 4 is 35.3 Å². The highest BCUT2D eigenvalue weighted by molar-refractivity contribution is 6.37. The third-order valence-corrected chi connectivity index (χ3v) is 6.90. The molecule has 0 radical (unpaired) electrons. The van der Waals surface area contributed by atoms with E-state index in [1.807, 2.05) is 34.6 Å². The number of carbonyl (C=O) groups is 6. The Morgan fingerprint density at radius 3 is 2.19 bits per heavy atom. The van der Waals surface area contributed by atoms with Crippen molar-refractivity contribution in [3.8, 4) is 0 Å². The molecule has 0 aromatic carbocycles. The zero-order chi connectivity index (χ0) is 27.9. The number of hydrogen-bond donors (Lipinski definition) is 4. The van der Waals surface area contributed by atoms with Crippen molar-refractivity contribution in [2.24, 2.45) is 23.0 Å². The Morgan fingerprint density at radius 1 is 1.00 bits per heavy atom. The van der Waals surface area contributed by atoms with Gasteiger partial charge in [-0.1, -0.05) is 47.5 Å². The van der Waals surface area contributed by atoms with Crippen molar-refractivity contribution in [2.75, 3.05) is 13.1 Å². The van der Waals surface area contributed by atoms with Crippen LogP contribution in [-0.4, -0.2) is 71.4 Å². The van der Waals surface area contributed by atoms with E-state index in [0.29, 0.717) is 45.2 Å². The number of hydrogen-bond acceptors (Lipinski definition) is 6. The molecule has 2 aliphatic rings. The molecule has 208 valence electrons. The summed E-state index contributed by atoms with van der Waals surface area (Å²) < 4.78 is 0. The molecule has 37 heavy (non-hydrogen) atoms. The van der Waals surface area contributed by atoms with Gasteiger partial charge in [0, 0.05) is 25.4 Å². The highest BCUT2D eigenvalue weighted by Crippen LogP contribution is 2.34. The van der Waals surface area contributed by atoms with Gasteiger partial charge in [0.2, 0.25) is 17.6 Å². The van der Waals surface area contributed by atoms with Crippen LogP contribution in [0.3, 0.4) is 0 Å². The summed E-state index contributed by atoms with van der Waals surface area (Å²) in [7, 11) is 0. The number of nitrogens with two attached hydrogens (primary N) is 1. The van der Waals surface area contributed by atoms with Crippen molar-refractivity contribution in [2.45, 2.75) is 97.7 Å². The normalized spacial score (nSPS) is 19.2. The Bertz CT molecular complexity index is 892. The summed E-state index contributed by atoms with van der Waals surface area (Å²) in [6.45, 7) is 9.74. The van der Waals surface area contributed by atoms with Crippen LogP contribution in [0.15, 0.2) is 0 Å². The lowest BCUT2D eigenvalue weighted by Crippen LogP contribution is -2.60. The molecule has 1 aliphatic carbocycles. The number of primary amides is 1. The molecule has 5 amide bonds. The van der Waals surface area contributed by atoms with Gasteiger partial charge in [0.15, 0.2) is 0 Å². The predicted molar refractivity (Wildman–Crippen MR) is 137 cm³/mol. The van der Waals surface area contributed by atoms with Crippen molar-refractivity contribution in [3.63, 3.8) is 0 Å². The molecule has 0 bridgehead atoms. The third-order valence-electron chi connectivity index (χ3n) is 6.90. The fourth-order valence-corrected chi connectivity index (χ4v) is 4.41. The molecule has 0 spiro atoms. The molecule has 11 heteroatoms. The summed E-state index contributed by atoms with van der Waals surface area (Å²) >= 11 is 0. The molecule has 1 saturated heterocycles. The number of nitrogens with one attached hydrogen (secondary N) is 3. The van der Waals surface area contributed by atoms with E-state index in [-0.39, 0.29) is 17.6 Å². The molecule has 1 heterocycles. The smallest absolute Gasteiger partial charge is 0.315 e. The standard InChI is InChI=1S/C26H43N5O6/c1-15(2)19(32)9-6-12-28-25(37)30-21(26(3,4)5)24(36)31-13-7-8-18(31)23(35)29-17(14-16-10-11-16)20(33)22(27)34/h15-18,21H,6-14H2,1-5H3,(H2,27,34)(H,29,35)(H2,28,30,37). The van der Waals surface area contributed by atoms with Gasteiger partial charge in [-0.05, 0) is 37.0 Å². The first-order valence-corrected chi connectivity index (χ1v) is 13.2. The van der Waals surface area contributed by atoms with Crippen LogP contribution in [0.25, 0.3) is 0 Å². The van der Waals surface area contributed by atoms with E-state index in [2.05, 4.69) is 16.0 Å². The van der Waals surface area contributed by atoms with Gasteiger partial charge in [0.05, 0.1) is 6.04 Å². The van der Waals surface area contributed by atoms with E-state index >= 15 is 0 Å². The molecule has 11 nitrogen and oxygen atoms in total. The summed E-state index contributed by atoms with van der Waals surface area (Å²) in [5, 5.41) is 8.09. The number of rotatable bonds is 13. The summed E-state index contributed by atoms with van der Waals surface area (Å²) in [5.74, 6) is -2.49. The first-order valence-electron chi connectivity index (χ1n) is 13.2. The van der Waals surface area contributed by atoms with Gasteiger partial charge < -0.3 is 26.6 Å². The van der Waals surface area contributed by atoms with Crippen LogP contribution in [-0.2, 0) is 24.0 Å². The van der Waals surface area contributed by atoms with Crippen LogP contribution in [0.4, 0.5) is 4.79 Å². The number of nitrogens with zero attached hydrogens (tertiary/aromatic N) is 1. The lowest BCUT2D eigenvalue weighted by Gasteiger charge is -2.35. The molecular formula is C26H43N5O6. The lowest BCUT2D eigenvalue weighted by molar-refractivity contribution is -0.143. The number of Topliss-reactive ketones (excluding diaryl/α,β-unsaturated/α-hetero) is 2. The second kappa shape index (κ2) is 13.0. The maximum Gasteiger partial charge on any atom is 0.315 e. The first-order chi connectivity index (χ1) is 17.2. The van der Waals surface area contributed by atoms with Crippen molar-refractivity contribution in [1.82, 2.24) is 20.9 Å². The average Bonchev–Trinajstić information content (AvgIpc) is 3.48. The minimum absolute atomic E-state index is 0.0553. The minimum atomic E-state index is -1.10. The fraction of sp³-hybridized carbons (Fsp3) is 0.769. The molecule has 1 aliphatic heterocycles. The Labute approximate surface area is 219 Å². The van der Waals surface area contributed by atoms with Crippen LogP contribution in [0.5, 0.6) is 0 Å². The Kier molecular flexibility index (Phi) is 10.6. The molecule has 2 fully saturated rings. The van der Waals surface area contributed by atoms with E-state index in [1.165, 1.54) is 4.90 Å². The molecular weight excluding hydrogens is 478 g/mol. The van der Waals surface area contributed by atoms with Gasteiger partial charge in [-0.2, -0.15) is 0 Å². The Morgan fingerprint density at radius 2 is 1.65 bits per heavy atom. The van der Waals surface area contributed by atoms with Gasteiger partial charge >= 0.3 is 6.03 Å². The van der Waals surface area contributed by atoms with Crippen LogP contribution in [0.2, 0.25) is 0 Å². The Hall–Kier alpha value is -2.98. The fourth-order valence-electron chi connectivity index (χ4n) is 4.41. The number of ketones is 2. The van der Waals surface area contributed by atoms with Crippen LogP contribution in [0, 0.1) is 17.3 Å².